The molecule has 0 aromatic heterocycles. The van der Waals surface area contributed by atoms with Gasteiger partial charge in [0.1, 0.15) is 22.1 Å². The highest BCUT2D eigenvalue weighted by Gasteiger charge is 2.59. The predicted octanol–water partition coefficient (Wildman–Crippen LogP) is 2.51. The number of methoxy groups -OCH3 is 2. The van der Waals surface area contributed by atoms with E-state index in [1.54, 1.807) is 6.92 Å². The summed E-state index contributed by atoms with van der Waals surface area (Å²) in [4.78, 5) is 24.9. The fourth-order valence-corrected chi connectivity index (χ4v) is 3.35. The minimum Gasteiger partial charge on any atom is -0.506 e. The first kappa shape index (κ1) is 15.7. The van der Waals surface area contributed by atoms with Crippen LogP contribution in [0.3, 0.4) is 0 Å². The van der Waals surface area contributed by atoms with E-state index in [1.807, 2.05) is 0 Å². The van der Waals surface area contributed by atoms with Crippen molar-refractivity contribution in [3.63, 3.8) is 0 Å². The molecular formula is C16H15ClO6. The Morgan fingerprint density at radius 3 is 2.65 bits per heavy atom. The molecule has 1 aromatic rings. The monoisotopic (exact) mass is 338 g/mol. The van der Waals surface area contributed by atoms with Gasteiger partial charge < -0.3 is 19.3 Å². The molecule has 0 amide bonds. The van der Waals surface area contributed by atoms with Gasteiger partial charge in [0.25, 0.3) is 0 Å². The summed E-state index contributed by atoms with van der Waals surface area (Å²) < 4.78 is 16.3. The van der Waals surface area contributed by atoms with Crippen LogP contribution in [-0.2, 0) is 9.53 Å². The number of phenolic OH excluding ortho intramolecular Hbond substituents is 1. The Labute approximate surface area is 137 Å². The van der Waals surface area contributed by atoms with Crippen LogP contribution < -0.4 is 9.47 Å². The molecule has 2 atom stereocenters. The largest absolute Gasteiger partial charge is 0.506 e. The molecule has 7 heteroatoms. The second-order valence-electron chi connectivity index (χ2n) is 5.57. The first-order chi connectivity index (χ1) is 10.9. The molecule has 3 rings (SSSR count). The molecule has 1 aliphatic carbocycles. The SMILES string of the molecule is COC1=CC(=O)C[C@H](C)[C@@]12Oc1c(Cl)c(O)cc(OC)c1C2=O. The average Bonchev–Trinajstić information content (AvgIpc) is 2.82. The van der Waals surface area contributed by atoms with Crippen molar-refractivity contribution in [3.8, 4) is 17.2 Å². The van der Waals surface area contributed by atoms with Crippen LogP contribution >= 0.6 is 11.6 Å². The van der Waals surface area contributed by atoms with Gasteiger partial charge in [0.2, 0.25) is 11.4 Å². The number of allylic oxidation sites excluding steroid dienone is 1. The van der Waals surface area contributed by atoms with Crippen molar-refractivity contribution in [1.82, 2.24) is 0 Å². The average molecular weight is 339 g/mol. The standard InChI is InChI=1S/C16H15ClO6/c1-7-4-8(18)5-11(22-3)16(7)15(20)12-10(21-2)6-9(19)13(17)14(12)23-16/h5-7,19H,4H2,1-3H3/t7-,16+/m0/s1. The first-order valence-corrected chi connectivity index (χ1v) is 7.36. The smallest absolute Gasteiger partial charge is 0.231 e. The molecule has 1 aromatic carbocycles. The maximum Gasteiger partial charge on any atom is 0.231 e. The van der Waals surface area contributed by atoms with Gasteiger partial charge in [0.15, 0.2) is 17.3 Å². The van der Waals surface area contributed by atoms with Crippen molar-refractivity contribution in [2.45, 2.75) is 18.9 Å². The van der Waals surface area contributed by atoms with Gasteiger partial charge in [0.05, 0.1) is 14.2 Å². The Bertz CT molecular complexity index is 753. The first-order valence-electron chi connectivity index (χ1n) is 6.99. The molecule has 0 saturated carbocycles. The fraction of sp³-hybridized carbons (Fsp3) is 0.375. The van der Waals surface area contributed by atoms with E-state index in [4.69, 9.17) is 25.8 Å². The van der Waals surface area contributed by atoms with Crippen molar-refractivity contribution < 1.29 is 28.9 Å². The van der Waals surface area contributed by atoms with E-state index < -0.39 is 17.3 Å². The molecular weight excluding hydrogens is 324 g/mol. The van der Waals surface area contributed by atoms with Crippen molar-refractivity contribution >= 4 is 23.2 Å². The van der Waals surface area contributed by atoms with Gasteiger partial charge in [-0.2, -0.15) is 0 Å². The van der Waals surface area contributed by atoms with Crippen LogP contribution in [-0.4, -0.2) is 36.5 Å². The third-order valence-corrected chi connectivity index (χ3v) is 4.66. The molecule has 1 heterocycles. The molecule has 0 radical (unpaired) electrons. The van der Waals surface area contributed by atoms with Gasteiger partial charge in [-0.05, 0) is 0 Å². The quantitative estimate of drug-likeness (QED) is 0.892. The summed E-state index contributed by atoms with van der Waals surface area (Å²) >= 11 is 6.09. The summed E-state index contributed by atoms with van der Waals surface area (Å²) in [6, 6.07) is 1.26. The third kappa shape index (κ3) is 1.94. The minimum atomic E-state index is -1.48. The van der Waals surface area contributed by atoms with Gasteiger partial charge in [-0.25, -0.2) is 0 Å². The molecule has 1 spiro atoms. The van der Waals surface area contributed by atoms with Gasteiger partial charge in [-0.1, -0.05) is 18.5 Å². The van der Waals surface area contributed by atoms with Crippen LogP contribution in [0.4, 0.5) is 0 Å². The Morgan fingerprint density at radius 2 is 2.04 bits per heavy atom. The summed E-state index contributed by atoms with van der Waals surface area (Å²) in [5.41, 5.74) is -1.34. The fourth-order valence-electron chi connectivity index (χ4n) is 3.16. The number of ketones is 2. The number of hydrogen-bond donors (Lipinski definition) is 1. The number of carbonyl (C=O) groups excluding carboxylic acids is 2. The Balaban J connectivity index is 2.26. The van der Waals surface area contributed by atoms with Crippen LogP contribution in [0.15, 0.2) is 17.9 Å². The summed E-state index contributed by atoms with van der Waals surface area (Å²) in [6.07, 6.45) is 1.41. The molecule has 6 nitrogen and oxygen atoms in total. The highest BCUT2D eigenvalue weighted by Crippen LogP contribution is 2.54. The lowest BCUT2D eigenvalue weighted by atomic mass is 9.75. The van der Waals surface area contributed by atoms with E-state index in [2.05, 4.69) is 0 Å². The number of rotatable bonds is 2. The molecule has 2 aliphatic rings. The minimum absolute atomic E-state index is 0.0395. The maximum atomic E-state index is 13.1. The zero-order valence-electron chi connectivity index (χ0n) is 12.8. The van der Waals surface area contributed by atoms with E-state index in [0.717, 1.165) is 0 Å². The Kier molecular flexibility index (Phi) is 3.52. The lowest BCUT2D eigenvalue weighted by molar-refractivity contribution is -0.118. The van der Waals surface area contributed by atoms with E-state index in [-0.39, 0.29) is 45.8 Å². The van der Waals surface area contributed by atoms with Gasteiger partial charge >= 0.3 is 0 Å². The third-order valence-electron chi connectivity index (χ3n) is 4.29. The second-order valence-corrected chi connectivity index (χ2v) is 5.95. The number of fused-ring (bicyclic) bond motifs is 1. The lowest BCUT2D eigenvalue weighted by Crippen LogP contribution is -2.51. The Morgan fingerprint density at radius 1 is 1.35 bits per heavy atom. The highest BCUT2D eigenvalue weighted by atomic mass is 35.5. The van der Waals surface area contributed by atoms with Crippen molar-refractivity contribution in [3.05, 3.63) is 28.5 Å². The molecule has 1 N–H and O–H groups in total. The van der Waals surface area contributed by atoms with E-state index in [0.29, 0.717) is 0 Å². The van der Waals surface area contributed by atoms with Crippen molar-refractivity contribution in [1.29, 1.82) is 0 Å². The number of halogens is 1. The summed E-state index contributed by atoms with van der Waals surface area (Å²) in [7, 11) is 2.75. The van der Waals surface area contributed by atoms with E-state index in [1.165, 1.54) is 26.4 Å². The molecule has 0 saturated heterocycles. The number of benzene rings is 1. The predicted molar refractivity (Wildman–Crippen MR) is 81.2 cm³/mol. The molecule has 1 aliphatic heterocycles. The van der Waals surface area contributed by atoms with Crippen LogP contribution in [0.1, 0.15) is 23.7 Å². The van der Waals surface area contributed by atoms with E-state index >= 15 is 0 Å². The van der Waals surface area contributed by atoms with E-state index in [9.17, 15) is 14.7 Å². The topological polar surface area (TPSA) is 82.1 Å². The van der Waals surface area contributed by atoms with Crippen LogP contribution in [0.25, 0.3) is 0 Å². The van der Waals surface area contributed by atoms with Gasteiger partial charge in [-0.3, -0.25) is 9.59 Å². The zero-order chi connectivity index (χ0) is 16.9. The van der Waals surface area contributed by atoms with Crippen molar-refractivity contribution in [2.75, 3.05) is 14.2 Å². The highest BCUT2D eigenvalue weighted by molar-refractivity contribution is 6.35. The number of ether oxygens (including phenoxy) is 3. The molecule has 122 valence electrons. The normalized spacial score (nSPS) is 25.9. The number of phenols is 1. The zero-order valence-corrected chi connectivity index (χ0v) is 13.6. The molecule has 23 heavy (non-hydrogen) atoms. The number of aromatic hydroxyl groups is 1. The lowest BCUT2D eigenvalue weighted by Gasteiger charge is -2.36. The second kappa shape index (κ2) is 5.16. The number of Topliss-reactive ketones (excluding diaryl/α,β-unsaturated/α-hetero) is 1. The van der Waals surface area contributed by atoms with Gasteiger partial charge in [0, 0.05) is 24.5 Å². The summed E-state index contributed by atoms with van der Waals surface area (Å²) in [5, 5.41) is 9.82. The Hall–Kier alpha value is -2.21. The molecule has 0 fully saturated rings. The van der Waals surface area contributed by atoms with Gasteiger partial charge in [-0.15, -0.1) is 0 Å². The summed E-state index contributed by atoms with van der Waals surface area (Å²) in [5.74, 6) is -0.944. The van der Waals surface area contributed by atoms with Crippen LogP contribution in [0.5, 0.6) is 17.2 Å². The molecule has 0 bridgehead atoms. The molecule has 0 unspecified atom stereocenters. The van der Waals surface area contributed by atoms with Crippen LogP contribution in [0, 0.1) is 5.92 Å². The number of carbonyl (C=O) groups is 2. The number of hydrogen-bond acceptors (Lipinski definition) is 6. The van der Waals surface area contributed by atoms with Crippen LogP contribution in [0.2, 0.25) is 5.02 Å². The summed E-state index contributed by atoms with van der Waals surface area (Å²) in [6.45, 7) is 1.73. The van der Waals surface area contributed by atoms with Crippen molar-refractivity contribution in [2.24, 2.45) is 5.92 Å². The maximum absolute atomic E-state index is 13.1.